The summed E-state index contributed by atoms with van der Waals surface area (Å²) < 4.78 is 16.3. The first-order valence-corrected chi connectivity index (χ1v) is 19.3. The van der Waals surface area contributed by atoms with Gasteiger partial charge in [-0.1, -0.05) is 73.6 Å². The number of anilines is 1. The van der Waals surface area contributed by atoms with E-state index in [2.05, 4.69) is 25.3 Å². The lowest BCUT2D eigenvalue weighted by Crippen LogP contribution is -2.49. The molecule has 0 unspecified atom stereocenters. The van der Waals surface area contributed by atoms with Gasteiger partial charge in [0.25, 0.3) is 11.8 Å². The van der Waals surface area contributed by atoms with E-state index in [0.29, 0.717) is 67.6 Å². The fourth-order valence-electron chi connectivity index (χ4n) is 7.21. The van der Waals surface area contributed by atoms with Gasteiger partial charge in [-0.25, -0.2) is 14.8 Å². The highest BCUT2D eigenvalue weighted by atomic mass is 16.5. The average molecular weight is 790 g/mol. The molecule has 2 aliphatic rings. The number of esters is 1. The first-order chi connectivity index (χ1) is 28.1. The van der Waals surface area contributed by atoms with Gasteiger partial charge in [0.05, 0.1) is 37.0 Å². The molecular weight excluding hydrogens is 743 g/mol. The van der Waals surface area contributed by atoms with E-state index < -0.39 is 17.9 Å². The van der Waals surface area contributed by atoms with Crippen molar-refractivity contribution in [2.24, 2.45) is 0 Å². The van der Waals surface area contributed by atoms with Crippen molar-refractivity contribution in [2.45, 2.75) is 38.8 Å². The number of nitrogens with zero attached hydrogens (tertiary/aromatic N) is 6. The van der Waals surface area contributed by atoms with Crippen molar-refractivity contribution in [3.05, 3.63) is 107 Å². The molecule has 2 amide bonds. The molecule has 2 saturated heterocycles. The van der Waals surface area contributed by atoms with E-state index in [0.717, 1.165) is 30.8 Å². The summed E-state index contributed by atoms with van der Waals surface area (Å²) in [7, 11) is 1.28. The second-order valence-corrected chi connectivity index (χ2v) is 14.7. The zero-order valence-electron chi connectivity index (χ0n) is 32.8. The molecule has 0 bridgehead atoms. The molecule has 2 aromatic heterocycles. The molecule has 7 rings (SSSR count). The predicted octanol–water partition coefficient (Wildman–Crippen LogP) is 4.64. The van der Waals surface area contributed by atoms with Crippen LogP contribution in [0.1, 0.15) is 57.3 Å². The van der Waals surface area contributed by atoms with Crippen LogP contribution >= 0.6 is 0 Å². The number of carbonyl (C=O) groups excluding carboxylic acids is 3. The van der Waals surface area contributed by atoms with Crippen LogP contribution in [0.4, 0.5) is 5.95 Å². The third kappa shape index (κ3) is 8.95. The molecule has 3 N–H and O–H groups in total. The number of hydrogen-bond donors (Lipinski definition) is 3. The zero-order chi connectivity index (χ0) is 40.8. The van der Waals surface area contributed by atoms with E-state index in [9.17, 15) is 24.6 Å². The Bertz CT molecular complexity index is 2210. The summed E-state index contributed by atoms with van der Waals surface area (Å²) in [5, 5.41) is 28.6. The summed E-state index contributed by atoms with van der Waals surface area (Å²) in [6.07, 6.45) is 3.08. The van der Waals surface area contributed by atoms with E-state index >= 15 is 0 Å². The average Bonchev–Trinajstić information content (AvgIpc) is 3.68. The highest BCUT2D eigenvalue weighted by molar-refractivity contribution is 6.03. The van der Waals surface area contributed by atoms with Crippen molar-refractivity contribution in [3.63, 3.8) is 0 Å². The van der Waals surface area contributed by atoms with Crippen LogP contribution in [0.3, 0.4) is 0 Å². The second kappa shape index (κ2) is 17.9. The Hall–Kier alpha value is -6.32. The minimum absolute atomic E-state index is 0.0353. The van der Waals surface area contributed by atoms with E-state index in [4.69, 9.17) is 14.0 Å². The number of ether oxygens (including phenoxy) is 2. The molecule has 4 heterocycles. The number of carbonyl (C=O) groups is 3. The van der Waals surface area contributed by atoms with Crippen molar-refractivity contribution in [1.82, 2.24) is 30.2 Å². The smallest absolute Gasteiger partial charge is 0.328 e. The van der Waals surface area contributed by atoms with Gasteiger partial charge >= 0.3 is 5.97 Å². The van der Waals surface area contributed by atoms with Crippen LogP contribution in [-0.4, -0.2) is 119 Å². The number of amides is 2. The summed E-state index contributed by atoms with van der Waals surface area (Å²) in [4.78, 5) is 54.6. The SMILES string of the molecule is COC(=O)[C@@H](Cc1ccccc1)NC(=O)c1cnc(N2CCN(C(=O)c3noc(-c4cc(C(C)C)c(O)cc4O)c3-c3ccc(CN4CCOCC4)cc3)CC2)nc1. The molecule has 2 fully saturated rings. The largest absolute Gasteiger partial charge is 0.508 e. The Morgan fingerprint density at radius 2 is 1.55 bits per heavy atom. The molecule has 0 spiro atoms. The number of nitrogens with one attached hydrogen (secondary N) is 1. The maximum Gasteiger partial charge on any atom is 0.328 e. The van der Waals surface area contributed by atoms with Crippen molar-refractivity contribution in [1.29, 1.82) is 0 Å². The number of methoxy groups -OCH3 is 1. The minimum atomic E-state index is -0.893. The molecule has 2 aliphatic heterocycles. The number of aromatic nitrogens is 3. The van der Waals surface area contributed by atoms with Crippen molar-refractivity contribution in [3.8, 4) is 33.9 Å². The lowest BCUT2D eigenvalue weighted by Gasteiger charge is -2.34. The Labute approximate surface area is 336 Å². The van der Waals surface area contributed by atoms with Gasteiger partial charge in [0, 0.05) is 70.7 Å². The van der Waals surface area contributed by atoms with Crippen LogP contribution < -0.4 is 10.2 Å². The first kappa shape index (κ1) is 39.9. The van der Waals surface area contributed by atoms with Gasteiger partial charge in [-0.2, -0.15) is 0 Å². The molecule has 1 atom stereocenters. The lowest BCUT2D eigenvalue weighted by atomic mass is 9.93. The van der Waals surface area contributed by atoms with Crippen LogP contribution in [-0.2, 0) is 27.2 Å². The van der Waals surface area contributed by atoms with E-state index in [-0.39, 0.29) is 46.8 Å². The quantitative estimate of drug-likeness (QED) is 0.149. The first-order valence-electron chi connectivity index (χ1n) is 19.3. The standard InChI is InChI=1S/C43H47N7O8/c1-27(2)32-22-33(36(52)23-35(32)51)39-37(30-11-9-29(10-12-30)26-48-17-19-57-20-18-48)38(47-58-39)41(54)49-13-15-50(16-14-49)43-44-24-31(25-45-43)40(53)46-34(42(55)56-3)21-28-7-5-4-6-8-28/h4-12,22-25,27,34,51-52H,13-21,26H2,1-3H3,(H,46,53)/t34-/m1/s1. The monoisotopic (exact) mass is 789 g/mol. The van der Waals surface area contributed by atoms with Crippen LogP contribution in [0.15, 0.2) is 83.6 Å². The number of rotatable bonds is 12. The van der Waals surface area contributed by atoms with Crippen LogP contribution in [0.5, 0.6) is 11.5 Å². The molecule has 5 aromatic rings. The Balaban J connectivity index is 1.07. The molecule has 3 aromatic carbocycles. The van der Waals surface area contributed by atoms with Gasteiger partial charge in [0.2, 0.25) is 5.95 Å². The molecule has 15 nitrogen and oxygen atoms in total. The van der Waals surface area contributed by atoms with Gasteiger partial charge in [0.1, 0.15) is 17.5 Å². The molecule has 58 heavy (non-hydrogen) atoms. The number of hydrogen-bond acceptors (Lipinski definition) is 13. The molecule has 15 heteroatoms. The van der Waals surface area contributed by atoms with Gasteiger partial charge < -0.3 is 39.3 Å². The summed E-state index contributed by atoms with van der Waals surface area (Å²) in [5.74, 6) is -1.09. The fraction of sp³-hybridized carbons (Fsp3) is 0.349. The minimum Gasteiger partial charge on any atom is -0.508 e. The van der Waals surface area contributed by atoms with Gasteiger partial charge in [-0.05, 0) is 34.2 Å². The van der Waals surface area contributed by atoms with Gasteiger partial charge in [-0.3, -0.25) is 14.5 Å². The van der Waals surface area contributed by atoms with E-state index in [1.165, 1.54) is 25.6 Å². The van der Waals surface area contributed by atoms with Crippen molar-refractivity contribution >= 4 is 23.7 Å². The fourth-order valence-corrected chi connectivity index (χ4v) is 7.21. The Kier molecular flexibility index (Phi) is 12.3. The number of phenols is 2. The Morgan fingerprint density at radius 3 is 2.21 bits per heavy atom. The van der Waals surface area contributed by atoms with Gasteiger partial charge in [-0.15, -0.1) is 0 Å². The van der Waals surface area contributed by atoms with Crippen LogP contribution in [0.25, 0.3) is 22.5 Å². The van der Waals surface area contributed by atoms with E-state index in [1.807, 2.05) is 73.3 Å². The van der Waals surface area contributed by atoms with Gasteiger partial charge in [0.15, 0.2) is 11.5 Å². The topological polar surface area (TPSA) is 184 Å². The maximum atomic E-state index is 14.3. The highest BCUT2D eigenvalue weighted by Gasteiger charge is 2.32. The number of benzene rings is 3. The summed E-state index contributed by atoms with van der Waals surface area (Å²) in [5.41, 5.74) is 4.32. The summed E-state index contributed by atoms with van der Waals surface area (Å²) >= 11 is 0. The highest BCUT2D eigenvalue weighted by Crippen LogP contribution is 2.43. The molecule has 0 radical (unpaired) electrons. The predicted molar refractivity (Wildman–Crippen MR) is 214 cm³/mol. The zero-order valence-corrected chi connectivity index (χ0v) is 32.8. The normalized spacial score (nSPS) is 15.3. The molecule has 302 valence electrons. The number of piperazine rings is 1. The van der Waals surface area contributed by atoms with Crippen molar-refractivity contribution < 1.29 is 38.6 Å². The lowest BCUT2D eigenvalue weighted by molar-refractivity contribution is -0.142. The van der Waals surface area contributed by atoms with E-state index in [1.54, 1.807) is 11.0 Å². The van der Waals surface area contributed by atoms with Crippen LogP contribution in [0.2, 0.25) is 0 Å². The second-order valence-electron chi connectivity index (χ2n) is 14.7. The number of aromatic hydroxyl groups is 2. The van der Waals surface area contributed by atoms with Crippen molar-refractivity contribution in [2.75, 3.05) is 64.5 Å². The molecule has 0 saturated carbocycles. The summed E-state index contributed by atoms with van der Waals surface area (Å²) in [6, 6.07) is 19.3. The molecular formula is C43H47N7O8. The number of phenolic OH excluding ortho intramolecular Hbond substituents is 2. The maximum absolute atomic E-state index is 14.3. The third-order valence-electron chi connectivity index (χ3n) is 10.5. The Morgan fingerprint density at radius 1 is 0.862 bits per heavy atom. The van der Waals surface area contributed by atoms with Crippen LogP contribution in [0, 0.1) is 0 Å². The molecule has 0 aliphatic carbocycles. The summed E-state index contributed by atoms with van der Waals surface area (Å²) in [6.45, 7) is 9.20. The third-order valence-corrected chi connectivity index (χ3v) is 10.5. The number of morpholine rings is 1.